The molecule has 0 aliphatic carbocycles. The van der Waals surface area contributed by atoms with Gasteiger partial charge in [-0.25, -0.2) is 14.4 Å². The Balaban J connectivity index is 0.931. The molecule has 0 saturated carbocycles. The van der Waals surface area contributed by atoms with Crippen molar-refractivity contribution in [3.8, 4) is 5.88 Å². The molecule has 49 heavy (non-hydrogen) atoms. The van der Waals surface area contributed by atoms with Crippen molar-refractivity contribution in [2.45, 2.75) is 51.0 Å². The quantitative estimate of drug-likeness (QED) is 0.145. The largest absolute Gasteiger partial charge is 0.473 e. The predicted octanol–water partition coefficient (Wildman–Crippen LogP) is 7.02. The summed E-state index contributed by atoms with van der Waals surface area (Å²) in [5.74, 6) is 1.19. The number of nitrogens with zero attached hydrogens (tertiary/aromatic N) is 4. The van der Waals surface area contributed by atoms with Gasteiger partial charge in [0.2, 0.25) is 5.88 Å². The fraction of sp³-hybridized carbons (Fsp3) is 0.324. The van der Waals surface area contributed by atoms with Crippen molar-refractivity contribution in [1.29, 1.82) is 0 Å². The van der Waals surface area contributed by atoms with Crippen LogP contribution in [0.15, 0.2) is 72.8 Å². The molecule has 5 heterocycles. The number of pyridine rings is 1. The van der Waals surface area contributed by atoms with Crippen molar-refractivity contribution in [2.75, 3.05) is 42.3 Å². The highest BCUT2D eigenvalue weighted by atomic mass is 35.5. The summed E-state index contributed by atoms with van der Waals surface area (Å²) in [6, 6.07) is 21.9. The molecule has 0 bridgehead atoms. The van der Waals surface area contributed by atoms with Gasteiger partial charge in [0.25, 0.3) is 5.91 Å². The van der Waals surface area contributed by atoms with Crippen molar-refractivity contribution < 1.29 is 18.7 Å². The third-order valence-electron chi connectivity index (χ3n) is 9.61. The molecule has 0 radical (unpaired) electrons. The van der Waals surface area contributed by atoms with Crippen LogP contribution in [0.5, 0.6) is 5.88 Å². The normalized spacial score (nSPS) is 17.6. The molecule has 1 atom stereocenters. The van der Waals surface area contributed by atoms with Crippen molar-refractivity contribution in [1.82, 2.24) is 19.4 Å². The number of carbonyl (C=O) groups is 1. The van der Waals surface area contributed by atoms with Crippen LogP contribution in [0, 0.1) is 5.82 Å². The van der Waals surface area contributed by atoms with Crippen LogP contribution in [0.2, 0.25) is 5.02 Å². The van der Waals surface area contributed by atoms with Gasteiger partial charge in [-0.2, -0.15) is 0 Å². The molecular weight excluding hydrogens is 645 g/mol. The monoisotopic (exact) mass is 681 g/mol. The van der Waals surface area contributed by atoms with E-state index in [2.05, 4.69) is 25.4 Å². The lowest BCUT2D eigenvalue weighted by molar-refractivity contribution is -0.0592. The van der Waals surface area contributed by atoms with Gasteiger partial charge in [0, 0.05) is 46.1 Å². The van der Waals surface area contributed by atoms with Crippen molar-refractivity contribution >= 4 is 45.6 Å². The first-order valence-electron chi connectivity index (χ1n) is 16.7. The zero-order valence-electron chi connectivity index (χ0n) is 26.9. The van der Waals surface area contributed by atoms with Crippen molar-refractivity contribution in [3.05, 3.63) is 106 Å². The van der Waals surface area contributed by atoms with Gasteiger partial charge in [-0.3, -0.25) is 9.69 Å². The number of anilines is 3. The molecule has 2 fully saturated rings. The smallest absolute Gasteiger partial charge is 0.255 e. The summed E-state index contributed by atoms with van der Waals surface area (Å²) < 4.78 is 28.1. The highest BCUT2D eigenvalue weighted by molar-refractivity contribution is 6.30. The number of hydrogen-bond donors (Lipinski definition) is 3. The highest BCUT2D eigenvalue weighted by Gasteiger charge is 2.26. The number of imidazole rings is 1. The number of ether oxygens (including phenoxy) is 2. The van der Waals surface area contributed by atoms with Gasteiger partial charge in [0.1, 0.15) is 18.2 Å². The average molecular weight is 682 g/mol. The first-order valence-corrected chi connectivity index (χ1v) is 17.1. The molecule has 0 unspecified atom stereocenters. The Hall–Kier alpha value is -4.71. The molecule has 1 amide bonds. The number of piperidine rings is 1. The molecule has 10 nitrogen and oxygen atoms in total. The van der Waals surface area contributed by atoms with E-state index in [0.717, 1.165) is 85.1 Å². The van der Waals surface area contributed by atoms with E-state index in [-0.39, 0.29) is 18.6 Å². The van der Waals surface area contributed by atoms with Crippen molar-refractivity contribution in [2.24, 2.45) is 0 Å². The van der Waals surface area contributed by atoms with Crippen LogP contribution >= 0.6 is 11.6 Å². The van der Waals surface area contributed by atoms with Gasteiger partial charge in [-0.15, -0.1) is 0 Å². The number of fused-ring (bicyclic) bond motifs is 2. The summed E-state index contributed by atoms with van der Waals surface area (Å²) in [6.45, 7) is 4.79. The fourth-order valence-corrected chi connectivity index (χ4v) is 6.91. The molecule has 252 valence electrons. The molecule has 0 spiro atoms. The van der Waals surface area contributed by atoms with E-state index in [1.54, 1.807) is 18.2 Å². The third-order valence-corrected chi connectivity index (χ3v) is 9.85. The zero-order valence-corrected chi connectivity index (χ0v) is 27.7. The number of likely N-dealkylation sites (tertiary alicyclic amines) is 1. The maximum absolute atomic E-state index is 14.2. The van der Waals surface area contributed by atoms with Gasteiger partial charge in [-0.05, 0) is 86.9 Å². The lowest BCUT2D eigenvalue weighted by Crippen LogP contribution is -2.35. The second kappa shape index (κ2) is 13.7. The number of rotatable bonds is 10. The minimum atomic E-state index is -0.391. The number of nitrogens with one attached hydrogen (secondary N) is 3. The van der Waals surface area contributed by atoms with Gasteiger partial charge >= 0.3 is 0 Å². The summed E-state index contributed by atoms with van der Waals surface area (Å²) in [7, 11) is 0. The van der Waals surface area contributed by atoms with E-state index in [1.807, 2.05) is 48.5 Å². The van der Waals surface area contributed by atoms with Gasteiger partial charge in [0.15, 0.2) is 0 Å². The van der Waals surface area contributed by atoms with Gasteiger partial charge in [-0.1, -0.05) is 23.7 Å². The Labute approximate surface area is 288 Å². The minimum absolute atomic E-state index is 0.0845. The van der Waals surface area contributed by atoms with Crippen LogP contribution < -0.4 is 20.7 Å². The maximum Gasteiger partial charge on any atom is 0.255 e. The molecule has 3 aromatic carbocycles. The topological polar surface area (TPSA) is 106 Å². The molecule has 2 aromatic heterocycles. The predicted molar refractivity (Wildman–Crippen MR) is 188 cm³/mol. The molecule has 3 aliphatic heterocycles. The molecule has 3 N–H and O–H groups in total. The summed E-state index contributed by atoms with van der Waals surface area (Å²) in [5.41, 5.74) is 6.53. The Morgan fingerprint density at radius 2 is 1.86 bits per heavy atom. The lowest BCUT2D eigenvalue weighted by Gasteiger charge is -2.32. The van der Waals surface area contributed by atoms with Crippen LogP contribution in [-0.4, -0.2) is 57.8 Å². The fourth-order valence-electron chi connectivity index (χ4n) is 6.75. The highest BCUT2D eigenvalue weighted by Crippen LogP contribution is 2.31. The summed E-state index contributed by atoms with van der Waals surface area (Å²) in [6.07, 6.45) is 3.10. The Bertz CT molecular complexity index is 2010. The zero-order chi connectivity index (χ0) is 33.3. The molecule has 12 heteroatoms. The molecular formula is C37H37ClFN7O3. The first kappa shape index (κ1) is 31.6. The van der Waals surface area contributed by atoms with E-state index in [1.165, 1.54) is 6.07 Å². The standard InChI is InChI=1S/C37H37ClFN7O3/c38-26-6-4-25(29(39)17-26)21-49-36-3-1-2-30(44-36)23-10-13-45(14-11-23)20-35-43-33-16-24(5-9-34(33)46(35)19-28-12-15-48-28)37(47)42-27-7-8-31-32(18-27)41-22-40-31/h1-9,16-18,23,28,40-41H,10-15,19-22H2,(H,42,47)/t28-/m0/s1. The van der Waals surface area contributed by atoms with Crippen LogP contribution in [0.25, 0.3) is 11.0 Å². The van der Waals surface area contributed by atoms with Crippen LogP contribution in [0.3, 0.4) is 0 Å². The number of benzene rings is 3. The maximum atomic E-state index is 14.2. The second-order valence-electron chi connectivity index (χ2n) is 12.8. The van der Waals surface area contributed by atoms with E-state index in [9.17, 15) is 9.18 Å². The number of amides is 1. The molecule has 8 rings (SSSR count). The van der Waals surface area contributed by atoms with Gasteiger partial charge < -0.3 is 30.0 Å². The van der Waals surface area contributed by atoms with E-state index >= 15 is 0 Å². The summed E-state index contributed by atoms with van der Waals surface area (Å²) in [5, 5.41) is 9.89. The number of halogens is 2. The average Bonchev–Trinajstić information content (AvgIpc) is 3.70. The first-order chi connectivity index (χ1) is 23.9. The Morgan fingerprint density at radius 1 is 1.00 bits per heavy atom. The SMILES string of the molecule is O=C(Nc1ccc2c(c1)NCN2)c1ccc2c(c1)nc(CN1CCC(c3cccc(OCc4ccc(Cl)cc4F)n3)CC1)n2C[C@@H]1CCO1. The number of carbonyl (C=O) groups excluding carboxylic acids is 1. The third kappa shape index (κ3) is 6.92. The van der Waals surface area contributed by atoms with E-state index in [0.29, 0.717) is 41.2 Å². The molecule has 2 saturated heterocycles. The number of hydrogen-bond acceptors (Lipinski definition) is 8. The molecule has 3 aliphatic rings. The van der Waals surface area contributed by atoms with Crippen LogP contribution in [0.4, 0.5) is 21.5 Å². The minimum Gasteiger partial charge on any atom is -0.473 e. The summed E-state index contributed by atoms with van der Waals surface area (Å²) in [4.78, 5) is 25.5. The van der Waals surface area contributed by atoms with E-state index in [4.69, 9.17) is 31.0 Å². The van der Waals surface area contributed by atoms with Crippen LogP contribution in [0.1, 0.15) is 52.6 Å². The molecule has 5 aromatic rings. The number of aromatic nitrogens is 3. The van der Waals surface area contributed by atoms with Gasteiger partial charge in [0.05, 0.1) is 48.3 Å². The van der Waals surface area contributed by atoms with E-state index < -0.39 is 5.82 Å². The Morgan fingerprint density at radius 3 is 2.67 bits per heavy atom. The Kier molecular flexibility index (Phi) is 8.79. The van der Waals surface area contributed by atoms with Crippen molar-refractivity contribution in [3.63, 3.8) is 0 Å². The summed E-state index contributed by atoms with van der Waals surface area (Å²) >= 11 is 5.88. The lowest BCUT2D eigenvalue weighted by atomic mass is 9.93. The second-order valence-corrected chi connectivity index (χ2v) is 13.3. The van der Waals surface area contributed by atoms with Crippen LogP contribution in [-0.2, 0) is 24.4 Å².